The Bertz CT molecular complexity index is 600. The van der Waals surface area contributed by atoms with E-state index in [1.54, 1.807) is 6.08 Å². The molecule has 0 radical (unpaired) electrons. The standard InChI is InChI=1S/C12H12N2O2S/c15-17(16)14-9-3-1-8-2-4-12-10(5-6-13-12)11(8)7-9/h1-4,7,10-11,13H,5-6H2. The number of hydrogen-bond acceptors (Lipinski definition) is 4. The van der Waals surface area contributed by atoms with Crippen molar-refractivity contribution in [2.45, 2.75) is 6.42 Å². The summed E-state index contributed by atoms with van der Waals surface area (Å²) in [5, 5.41) is 3.36. The molecule has 88 valence electrons. The van der Waals surface area contributed by atoms with E-state index in [2.05, 4.69) is 21.8 Å². The normalized spacial score (nSPS) is 29.3. The minimum Gasteiger partial charge on any atom is -0.388 e. The fourth-order valence-corrected chi connectivity index (χ4v) is 2.98. The van der Waals surface area contributed by atoms with Crippen molar-refractivity contribution in [2.24, 2.45) is 16.2 Å². The Morgan fingerprint density at radius 3 is 3.00 bits per heavy atom. The van der Waals surface area contributed by atoms with Crippen LogP contribution in [0.15, 0.2) is 51.7 Å². The second kappa shape index (κ2) is 4.00. The van der Waals surface area contributed by atoms with Crippen molar-refractivity contribution in [2.75, 3.05) is 6.54 Å². The lowest BCUT2D eigenvalue weighted by molar-refractivity contribution is 0.520. The van der Waals surface area contributed by atoms with Crippen LogP contribution in [0.1, 0.15) is 6.42 Å². The number of allylic oxidation sites excluding steroid dienone is 7. The molecular formula is C12H12N2O2S. The molecule has 0 aromatic heterocycles. The zero-order chi connectivity index (χ0) is 11.8. The molecule has 2 atom stereocenters. The van der Waals surface area contributed by atoms with Gasteiger partial charge in [0.05, 0.1) is 5.70 Å². The topological polar surface area (TPSA) is 58.5 Å². The molecule has 17 heavy (non-hydrogen) atoms. The van der Waals surface area contributed by atoms with E-state index in [0.717, 1.165) is 13.0 Å². The molecule has 1 fully saturated rings. The summed E-state index contributed by atoms with van der Waals surface area (Å²) in [6.07, 6.45) is 11.0. The Hall–Kier alpha value is -1.62. The summed E-state index contributed by atoms with van der Waals surface area (Å²) in [4.78, 5) is 0. The van der Waals surface area contributed by atoms with Crippen LogP contribution in [0.3, 0.4) is 0 Å². The van der Waals surface area contributed by atoms with E-state index < -0.39 is 10.5 Å². The SMILES string of the molecule is O=S(=O)=NC1=CC2C(=CC=C3NCCC32)C=C1. The molecule has 0 aromatic carbocycles. The van der Waals surface area contributed by atoms with Gasteiger partial charge in [0, 0.05) is 24.1 Å². The fraction of sp³-hybridized carbons (Fsp3) is 0.333. The Morgan fingerprint density at radius 2 is 2.18 bits per heavy atom. The summed E-state index contributed by atoms with van der Waals surface area (Å²) in [6, 6.07) is 0. The van der Waals surface area contributed by atoms with Gasteiger partial charge in [-0.15, -0.1) is 4.36 Å². The van der Waals surface area contributed by atoms with Gasteiger partial charge >= 0.3 is 10.5 Å². The van der Waals surface area contributed by atoms with Crippen molar-refractivity contribution in [3.63, 3.8) is 0 Å². The summed E-state index contributed by atoms with van der Waals surface area (Å²) in [7, 11) is -2.38. The Balaban J connectivity index is 2.00. The highest BCUT2D eigenvalue weighted by Gasteiger charge is 2.32. The third-order valence-electron chi connectivity index (χ3n) is 3.43. The molecule has 2 aliphatic carbocycles. The monoisotopic (exact) mass is 248 g/mol. The minimum absolute atomic E-state index is 0.261. The third-order valence-corrected chi connectivity index (χ3v) is 3.79. The summed E-state index contributed by atoms with van der Waals surface area (Å²) < 4.78 is 24.7. The molecule has 1 N–H and O–H groups in total. The maximum Gasteiger partial charge on any atom is 0.316 e. The fourth-order valence-electron chi connectivity index (χ4n) is 2.69. The molecule has 3 aliphatic rings. The van der Waals surface area contributed by atoms with Crippen molar-refractivity contribution in [3.05, 3.63) is 47.3 Å². The van der Waals surface area contributed by atoms with Gasteiger partial charge in [0.25, 0.3) is 0 Å². The largest absolute Gasteiger partial charge is 0.388 e. The van der Waals surface area contributed by atoms with Crippen LogP contribution in [0.4, 0.5) is 0 Å². The van der Waals surface area contributed by atoms with Crippen LogP contribution in [0.2, 0.25) is 0 Å². The third kappa shape index (κ3) is 1.86. The van der Waals surface area contributed by atoms with E-state index in [1.807, 2.05) is 12.2 Å². The van der Waals surface area contributed by atoms with Crippen LogP contribution in [-0.2, 0) is 10.5 Å². The molecule has 5 heteroatoms. The first-order chi connectivity index (χ1) is 8.24. The van der Waals surface area contributed by atoms with Crippen LogP contribution in [0, 0.1) is 11.8 Å². The molecule has 1 aliphatic heterocycles. The smallest absolute Gasteiger partial charge is 0.316 e. The minimum atomic E-state index is -2.38. The first-order valence-electron chi connectivity index (χ1n) is 5.61. The number of nitrogens with zero attached hydrogens (tertiary/aromatic N) is 1. The van der Waals surface area contributed by atoms with Gasteiger partial charge in [-0.05, 0) is 30.2 Å². The Morgan fingerprint density at radius 1 is 1.29 bits per heavy atom. The molecule has 0 amide bonds. The van der Waals surface area contributed by atoms with E-state index >= 15 is 0 Å². The van der Waals surface area contributed by atoms with Gasteiger partial charge in [0.2, 0.25) is 0 Å². The maximum atomic E-state index is 10.6. The highest BCUT2D eigenvalue weighted by atomic mass is 32.2. The van der Waals surface area contributed by atoms with E-state index in [0.29, 0.717) is 11.6 Å². The average molecular weight is 248 g/mol. The van der Waals surface area contributed by atoms with Crippen LogP contribution < -0.4 is 5.32 Å². The summed E-state index contributed by atoms with van der Waals surface area (Å²) in [5.74, 6) is 0.711. The molecule has 0 spiro atoms. The van der Waals surface area contributed by atoms with Gasteiger partial charge < -0.3 is 5.32 Å². The lowest BCUT2D eigenvalue weighted by atomic mass is 9.77. The molecule has 0 saturated carbocycles. The van der Waals surface area contributed by atoms with E-state index in [4.69, 9.17) is 0 Å². The number of rotatable bonds is 1. The van der Waals surface area contributed by atoms with E-state index in [1.165, 1.54) is 11.3 Å². The zero-order valence-electron chi connectivity index (χ0n) is 9.13. The van der Waals surface area contributed by atoms with E-state index in [9.17, 15) is 8.42 Å². The van der Waals surface area contributed by atoms with Crippen molar-refractivity contribution >= 4 is 10.5 Å². The summed E-state index contributed by atoms with van der Waals surface area (Å²) in [5.41, 5.74) is 3.03. The lowest BCUT2D eigenvalue weighted by Gasteiger charge is -2.27. The van der Waals surface area contributed by atoms with Crippen LogP contribution >= 0.6 is 0 Å². The van der Waals surface area contributed by atoms with Crippen LogP contribution in [0.25, 0.3) is 0 Å². The molecule has 2 unspecified atom stereocenters. The molecular weight excluding hydrogens is 236 g/mol. The van der Waals surface area contributed by atoms with Crippen molar-refractivity contribution < 1.29 is 8.42 Å². The maximum absolute atomic E-state index is 10.6. The summed E-state index contributed by atoms with van der Waals surface area (Å²) in [6.45, 7) is 0.992. The van der Waals surface area contributed by atoms with Gasteiger partial charge in [0.15, 0.2) is 0 Å². The number of hydrogen-bond donors (Lipinski definition) is 1. The average Bonchev–Trinajstić information content (AvgIpc) is 2.76. The first kappa shape index (κ1) is 10.5. The highest BCUT2D eigenvalue weighted by Crippen LogP contribution is 2.39. The first-order valence-corrected chi connectivity index (χ1v) is 6.64. The van der Waals surface area contributed by atoms with Gasteiger partial charge in [-0.25, -0.2) is 0 Å². The molecule has 4 nitrogen and oxygen atoms in total. The van der Waals surface area contributed by atoms with Crippen molar-refractivity contribution in [3.8, 4) is 0 Å². The van der Waals surface area contributed by atoms with Crippen LogP contribution in [0.5, 0.6) is 0 Å². The summed E-state index contributed by atoms with van der Waals surface area (Å²) >= 11 is 0. The van der Waals surface area contributed by atoms with Gasteiger partial charge in [0.1, 0.15) is 0 Å². The van der Waals surface area contributed by atoms with Crippen molar-refractivity contribution in [1.29, 1.82) is 0 Å². The van der Waals surface area contributed by atoms with Gasteiger partial charge in [-0.1, -0.05) is 12.2 Å². The molecule has 0 bridgehead atoms. The predicted octanol–water partition coefficient (Wildman–Crippen LogP) is 1.55. The molecule has 3 rings (SSSR count). The second-order valence-electron chi connectivity index (χ2n) is 4.37. The molecule has 1 heterocycles. The number of nitrogens with one attached hydrogen (secondary N) is 1. The van der Waals surface area contributed by atoms with Gasteiger partial charge in [-0.2, -0.15) is 8.42 Å². The molecule has 0 aromatic rings. The number of fused-ring (bicyclic) bond motifs is 3. The van der Waals surface area contributed by atoms with Gasteiger partial charge in [-0.3, -0.25) is 0 Å². The zero-order valence-corrected chi connectivity index (χ0v) is 9.94. The van der Waals surface area contributed by atoms with Crippen molar-refractivity contribution in [1.82, 2.24) is 5.32 Å². The predicted molar refractivity (Wildman–Crippen MR) is 64.3 cm³/mol. The van der Waals surface area contributed by atoms with E-state index in [-0.39, 0.29) is 5.92 Å². The molecule has 1 saturated heterocycles. The Kier molecular flexibility index (Phi) is 2.48. The highest BCUT2D eigenvalue weighted by molar-refractivity contribution is 7.61. The lowest BCUT2D eigenvalue weighted by Crippen LogP contribution is -2.20. The van der Waals surface area contributed by atoms with Crippen LogP contribution in [-0.4, -0.2) is 15.0 Å². The Labute approximate surface area is 101 Å². The second-order valence-corrected chi connectivity index (χ2v) is 4.99. The quantitative estimate of drug-likeness (QED) is 0.766.